The molecule has 5 rings (SSSR count). The third-order valence-electron chi connectivity index (χ3n) is 5.59. The van der Waals surface area contributed by atoms with Crippen LogP contribution in [0.3, 0.4) is 0 Å². The number of hydrogen-bond donors (Lipinski definition) is 0. The molecule has 30 heavy (non-hydrogen) atoms. The maximum absolute atomic E-state index is 13.4. The number of rotatable bonds is 3. The topological polar surface area (TPSA) is 50.6 Å². The van der Waals surface area contributed by atoms with E-state index in [1.165, 1.54) is 4.90 Å². The molecule has 1 aromatic heterocycles. The Hall–Kier alpha value is -2.77. The van der Waals surface area contributed by atoms with Crippen molar-refractivity contribution in [2.24, 2.45) is 0 Å². The van der Waals surface area contributed by atoms with Gasteiger partial charge in [0.05, 0.1) is 24.6 Å². The molecule has 1 amide bonds. The third kappa shape index (κ3) is 3.28. The average molecular weight is 421 g/mol. The highest BCUT2D eigenvalue weighted by Gasteiger charge is 2.31. The number of ether oxygens (including phenoxy) is 1. The van der Waals surface area contributed by atoms with E-state index in [9.17, 15) is 4.79 Å². The number of amides is 1. The minimum Gasteiger partial charge on any atom is -0.378 e. The lowest BCUT2D eigenvalue weighted by molar-refractivity contribution is 0.0298. The monoisotopic (exact) mass is 420 g/mol. The number of fused-ring (bicyclic) bond motifs is 3. The van der Waals surface area contributed by atoms with E-state index in [1.807, 2.05) is 41.9 Å². The van der Waals surface area contributed by atoms with Crippen molar-refractivity contribution in [3.63, 3.8) is 0 Å². The Morgan fingerprint density at radius 3 is 2.70 bits per heavy atom. The minimum absolute atomic E-state index is 0.00274. The van der Waals surface area contributed by atoms with Crippen molar-refractivity contribution in [2.75, 3.05) is 45.3 Å². The summed E-state index contributed by atoms with van der Waals surface area (Å²) >= 11 is 1.77. The van der Waals surface area contributed by atoms with Crippen LogP contribution in [0.25, 0.3) is 16.9 Å². The molecule has 7 heteroatoms. The van der Waals surface area contributed by atoms with Gasteiger partial charge in [0.2, 0.25) is 0 Å². The molecule has 0 radical (unpaired) electrons. The van der Waals surface area contributed by atoms with Gasteiger partial charge in [-0.05, 0) is 24.3 Å². The number of carbonyl (C=O) groups is 1. The predicted octanol–water partition coefficient (Wildman–Crippen LogP) is 3.68. The molecule has 2 aromatic carbocycles. The number of nitrogens with zero attached hydrogens (tertiary/aromatic N) is 4. The van der Waals surface area contributed by atoms with E-state index in [1.54, 1.807) is 11.8 Å². The van der Waals surface area contributed by atoms with Gasteiger partial charge in [0, 0.05) is 54.6 Å². The second-order valence-electron chi connectivity index (χ2n) is 7.69. The van der Waals surface area contributed by atoms with Gasteiger partial charge in [-0.2, -0.15) is 5.10 Å². The van der Waals surface area contributed by atoms with E-state index in [0.717, 1.165) is 33.9 Å². The third-order valence-corrected chi connectivity index (χ3v) is 6.69. The summed E-state index contributed by atoms with van der Waals surface area (Å²) in [6.07, 6.45) is 0. The minimum atomic E-state index is -0.00274. The van der Waals surface area contributed by atoms with Gasteiger partial charge in [0.25, 0.3) is 5.91 Å². The lowest BCUT2D eigenvalue weighted by Gasteiger charge is -2.26. The molecule has 0 spiro atoms. The second-order valence-corrected chi connectivity index (χ2v) is 8.71. The van der Waals surface area contributed by atoms with Gasteiger partial charge in [-0.1, -0.05) is 24.3 Å². The summed E-state index contributed by atoms with van der Waals surface area (Å²) in [7, 11) is 4.05. The van der Waals surface area contributed by atoms with Crippen molar-refractivity contribution >= 4 is 23.4 Å². The molecule has 0 saturated carbocycles. The molecule has 0 N–H and O–H groups in total. The first-order valence-corrected chi connectivity index (χ1v) is 11.1. The molecule has 1 fully saturated rings. The zero-order chi connectivity index (χ0) is 20.7. The fraction of sp³-hybridized carbons (Fsp3) is 0.304. The second kappa shape index (κ2) is 7.81. The summed E-state index contributed by atoms with van der Waals surface area (Å²) in [5.74, 6) is 0.738. The first-order chi connectivity index (χ1) is 14.6. The SMILES string of the molecule is CN(C)c1cccc(-n2nc(C(=O)N3CCOCC3)c3c2-c2ccccc2SC3)c1. The molecule has 0 atom stereocenters. The van der Waals surface area contributed by atoms with Crippen molar-refractivity contribution in [3.8, 4) is 16.9 Å². The van der Waals surface area contributed by atoms with Crippen LogP contribution in [0.4, 0.5) is 5.69 Å². The van der Waals surface area contributed by atoms with Crippen molar-refractivity contribution in [1.82, 2.24) is 14.7 Å². The van der Waals surface area contributed by atoms with E-state index >= 15 is 0 Å². The number of morpholine rings is 1. The Kier molecular flexibility index (Phi) is 5.00. The Labute approximate surface area is 180 Å². The fourth-order valence-electron chi connectivity index (χ4n) is 3.98. The molecular weight excluding hydrogens is 396 g/mol. The van der Waals surface area contributed by atoms with E-state index in [-0.39, 0.29) is 5.91 Å². The largest absolute Gasteiger partial charge is 0.378 e. The van der Waals surface area contributed by atoms with E-state index < -0.39 is 0 Å². The van der Waals surface area contributed by atoms with Crippen molar-refractivity contribution in [1.29, 1.82) is 0 Å². The van der Waals surface area contributed by atoms with Crippen LogP contribution in [-0.4, -0.2) is 61.0 Å². The standard InChI is InChI=1S/C23H24N4O2S/c1-25(2)16-6-5-7-17(14-16)27-22-18-8-3-4-9-20(18)30-15-19(22)21(24-27)23(28)26-10-12-29-13-11-26/h3-9,14H,10-13,15H2,1-2H3. The zero-order valence-electron chi connectivity index (χ0n) is 17.2. The number of anilines is 1. The summed E-state index contributed by atoms with van der Waals surface area (Å²) in [5, 5.41) is 4.89. The number of carbonyl (C=O) groups excluding carboxylic acids is 1. The highest BCUT2D eigenvalue weighted by molar-refractivity contribution is 7.98. The van der Waals surface area contributed by atoms with E-state index in [2.05, 4.69) is 35.2 Å². The van der Waals surface area contributed by atoms with Crippen LogP contribution in [0, 0.1) is 0 Å². The van der Waals surface area contributed by atoms with Crippen LogP contribution in [0.2, 0.25) is 0 Å². The van der Waals surface area contributed by atoms with Crippen LogP contribution in [-0.2, 0) is 10.5 Å². The summed E-state index contributed by atoms with van der Waals surface area (Å²) < 4.78 is 7.38. The van der Waals surface area contributed by atoms with Crippen LogP contribution in [0.5, 0.6) is 0 Å². The molecule has 3 heterocycles. The molecule has 6 nitrogen and oxygen atoms in total. The average Bonchev–Trinajstić information content (AvgIpc) is 3.19. The normalized spacial score (nSPS) is 15.5. The number of benzene rings is 2. The van der Waals surface area contributed by atoms with Crippen molar-refractivity contribution in [3.05, 3.63) is 59.8 Å². The molecule has 0 unspecified atom stereocenters. The molecule has 2 aliphatic rings. The Morgan fingerprint density at radius 2 is 1.90 bits per heavy atom. The molecule has 1 saturated heterocycles. The predicted molar refractivity (Wildman–Crippen MR) is 120 cm³/mol. The van der Waals surface area contributed by atoms with Gasteiger partial charge in [-0.15, -0.1) is 11.8 Å². The van der Waals surface area contributed by atoms with Gasteiger partial charge < -0.3 is 14.5 Å². The van der Waals surface area contributed by atoms with Gasteiger partial charge >= 0.3 is 0 Å². The van der Waals surface area contributed by atoms with Crippen LogP contribution in [0.15, 0.2) is 53.4 Å². The van der Waals surface area contributed by atoms with Crippen LogP contribution < -0.4 is 4.90 Å². The number of hydrogen-bond acceptors (Lipinski definition) is 5. The van der Waals surface area contributed by atoms with Gasteiger partial charge in [-0.25, -0.2) is 4.68 Å². The fourth-order valence-corrected chi connectivity index (χ4v) is 5.05. The van der Waals surface area contributed by atoms with Gasteiger partial charge in [0.15, 0.2) is 5.69 Å². The van der Waals surface area contributed by atoms with Crippen molar-refractivity contribution in [2.45, 2.75) is 10.6 Å². The first kappa shape index (κ1) is 19.2. The number of thioether (sulfide) groups is 1. The van der Waals surface area contributed by atoms with Crippen LogP contribution >= 0.6 is 11.8 Å². The molecule has 0 bridgehead atoms. The lowest BCUT2D eigenvalue weighted by Crippen LogP contribution is -2.41. The maximum atomic E-state index is 13.4. The zero-order valence-corrected chi connectivity index (χ0v) is 18.0. The summed E-state index contributed by atoms with van der Waals surface area (Å²) in [5.41, 5.74) is 5.79. The summed E-state index contributed by atoms with van der Waals surface area (Å²) in [4.78, 5) is 18.5. The first-order valence-electron chi connectivity index (χ1n) is 10.1. The van der Waals surface area contributed by atoms with Crippen LogP contribution in [0.1, 0.15) is 16.1 Å². The molecule has 0 aliphatic carbocycles. The lowest BCUT2D eigenvalue weighted by atomic mass is 10.0. The highest BCUT2D eigenvalue weighted by atomic mass is 32.2. The molecule has 2 aliphatic heterocycles. The maximum Gasteiger partial charge on any atom is 0.274 e. The van der Waals surface area contributed by atoms with Crippen molar-refractivity contribution < 1.29 is 9.53 Å². The Bertz CT molecular complexity index is 1100. The smallest absolute Gasteiger partial charge is 0.274 e. The highest BCUT2D eigenvalue weighted by Crippen LogP contribution is 2.44. The molecular formula is C23H24N4O2S. The Morgan fingerprint density at radius 1 is 1.10 bits per heavy atom. The quantitative estimate of drug-likeness (QED) is 0.647. The summed E-state index contributed by atoms with van der Waals surface area (Å²) in [6.45, 7) is 2.38. The number of aromatic nitrogens is 2. The molecule has 3 aromatic rings. The summed E-state index contributed by atoms with van der Waals surface area (Å²) in [6, 6.07) is 16.6. The Balaban J connectivity index is 1.68. The van der Waals surface area contributed by atoms with E-state index in [0.29, 0.717) is 32.0 Å². The molecule has 154 valence electrons. The van der Waals surface area contributed by atoms with Gasteiger partial charge in [0.1, 0.15) is 0 Å². The van der Waals surface area contributed by atoms with E-state index in [4.69, 9.17) is 9.84 Å². The van der Waals surface area contributed by atoms with Gasteiger partial charge in [-0.3, -0.25) is 4.79 Å².